The molecule has 0 saturated heterocycles. The number of amides is 1. The summed E-state index contributed by atoms with van der Waals surface area (Å²) in [5.41, 5.74) is 3.71. The lowest BCUT2D eigenvalue weighted by molar-refractivity contribution is 0.0941. The number of para-hydroxylation sites is 2. The number of carbonyl (C=O) groups is 1. The van der Waals surface area contributed by atoms with Crippen molar-refractivity contribution in [3.8, 4) is 0 Å². The molecule has 0 saturated carbocycles. The van der Waals surface area contributed by atoms with Gasteiger partial charge in [-0.05, 0) is 36.6 Å². The second kappa shape index (κ2) is 5.55. The summed E-state index contributed by atoms with van der Waals surface area (Å²) in [4.78, 5) is 20.2. The van der Waals surface area contributed by atoms with E-state index < -0.39 is 0 Å². The Labute approximate surface area is 137 Å². The van der Waals surface area contributed by atoms with Crippen molar-refractivity contribution in [1.82, 2.24) is 19.9 Å². The molecule has 0 spiro atoms. The average molecular weight is 324 g/mol. The number of imidazole rings is 1. The van der Waals surface area contributed by atoms with E-state index in [1.54, 1.807) is 11.3 Å². The van der Waals surface area contributed by atoms with Gasteiger partial charge in [0.15, 0.2) is 0 Å². The molecule has 6 heteroatoms. The van der Waals surface area contributed by atoms with Crippen molar-refractivity contribution >= 4 is 38.5 Å². The molecule has 4 rings (SSSR count). The summed E-state index contributed by atoms with van der Waals surface area (Å²) in [6, 6.07) is 11.9. The zero-order valence-corrected chi connectivity index (χ0v) is 13.5. The minimum absolute atomic E-state index is 0.0734. The van der Waals surface area contributed by atoms with Crippen molar-refractivity contribution in [2.24, 2.45) is 0 Å². The predicted molar refractivity (Wildman–Crippen MR) is 92.8 cm³/mol. The smallest absolute Gasteiger partial charge is 0.268 e. The molecular formula is C17H16N4OS. The van der Waals surface area contributed by atoms with Crippen LogP contribution in [0.25, 0.3) is 21.3 Å². The molecule has 0 unspecified atom stereocenters. The highest BCUT2D eigenvalue weighted by atomic mass is 32.1. The number of nitrogens with one attached hydrogen (secondary N) is 2. The molecule has 1 aromatic carbocycles. The first kappa shape index (κ1) is 14.0. The van der Waals surface area contributed by atoms with Gasteiger partial charge in [0.25, 0.3) is 5.91 Å². The minimum atomic E-state index is -0.0734. The molecule has 23 heavy (non-hydrogen) atoms. The molecule has 116 valence electrons. The molecule has 0 aliphatic carbocycles. The summed E-state index contributed by atoms with van der Waals surface area (Å²) in [7, 11) is 0. The van der Waals surface area contributed by atoms with Crippen LogP contribution >= 0.6 is 11.3 Å². The van der Waals surface area contributed by atoms with Crippen molar-refractivity contribution in [2.75, 3.05) is 0 Å². The third-order valence-electron chi connectivity index (χ3n) is 3.93. The first-order valence-corrected chi connectivity index (χ1v) is 8.43. The van der Waals surface area contributed by atoms with Crippen LogP contribution in [0, 0.1) is 0 Å². The number of rotatable bonds is 4. The van der Waals surface area contributed by atoms with E-state index in [0.29, 0.717) is 12.2 Å². The highest BCUT2D eigenvalue weighted by molar-refractivity contribution is 7.17. The van der Waals surface area contributed by atoms with Crippen LogP contribution in [0.3, 0.4) is 0 Å². The number of aromatic nitrogens is 3. The van der Waals surface area contributed by atoms with Gasteiger partial charge in [-0.2, -0.15) is 0 Å². The lowest BCUT2D eigenvalue weighted by atomic mass is 10.3. The Morgan fingerprint density at radius 3 is 3.04 bits per heavy atom. The molecule has 4 aromatic rings. The zero-order chi connectivity index (χ0) is 15.8. The van der Waals surface area contributed by atoms with Crippen molar-refractivity contribution in [3.63, 3.8) is 0 Å². The third kappa shape index (κ3) is 2.41. The summed E-state index contributed by atoms with van der Waals surface area (Å²) in [5.74, 6) is 0.687. The van der Waals surface area contributed by atoms with Crippen LogP contribution in [0.2, 0.25) is 0 Å². The van der Waals surface area contributed by atoms with Gasteiger partial charge in [-0.15, -0.1) is 11.3 Å². The number of benzene rings is 1. The van der Waals surface area contributed by atoms with Crippen molar-refractivity contribution in [2.45, 2.75) is 20.0 Å². The molecule has 0 aliphatic heterocycles. The molecule has 0 aliphatic rings. The number of H-pyrrole nitrogens is 1. The normalized spacial score (nSPS) is 11.3. The van der Waals surface area contributed by atoms with E-state index in [1.807, 2.05) is 47.2 Å². The Hall–Kier alpha value is -2.60. The monoisotopic (exact) mass is 324 g/mol. The minimum Gasteiger partial charge on any atom is -0.344 e. The largest absolute Gasteiger partial charge is 0.344 e. The molecule has 3 heterocycles. The maximum absolute atomic E-state index is 12.5. The van der Waals surface area contributed by atoms with Crippen molar-refractivity contribution in [3.05, 3.63) is 53.3 Å². The summed E-state index contributed by atoms with van der Waals surface area (Å²) < 4.78 is 3.18. The van der Waals surface area contributed by atoms with Crippen LogP contribution in [0.1, 0.15) is 23.2 Å². The second-order valence-corrected chi connectivity index (χ2v) is 6.27. The molecular weight excluding hydrogens is 308 g/mol. The van der Waals surface area contributed by atoms with Gasteiger partial charge in [-0.25, -0.2) is 4.98 Å². The lowest BCUT2D eigenvalue weighted by Gasteiger charge is -2.07. The third-order valence-corrected chi connectivity index (χ3v) is 4.78. The van der Waals surface area contributed by atoms with Gasteiger partial charge >= 0.3 is 0 Å². The standard InChI is InChI=1S/C17H16N4OS/c1-2-21-13-7-8-23-15(13)9-14(21)17(22)18-10-16-19-11-5-3-4-6-12(11)20-16/h3-9H,2,10H2,1H3,(H,18,22)(H,19,20). The number of hydrogen-bond donors (Lipinski definition) is 2. The van der Waals surface area contributed by atoms with E-state index in [9.17, 15) is 4.79 Å². The van der Waals surface area contributed by atoms with Crippen LogP contribution < -0.4 is 5.32 Å². The molecule has 0 radical (unpaired) electrons. The van der Waals surface area contributed by atoms with E-state index in [-0.39, 0.29) is 5.91 Å². The topological polar surface area (TPSA) is 62.7 Å². The summed E-state index contributed by atoms with van der Waals surface area (Å²) >= 11 is 1.65. The van der Waals surface area contributed by atoms with Crippen LogP contribution in [-0.2, 0) is 13.1 Å². The first-order chi connectivity index (χ1) is 11.3. The van der Waals surface area contributed by atoms with Gasteiger partial charge in [-0.1, -0.05) is 12.1 Å². The fourth-order valence-corrected chi connectivity index (χ4v) is 3.67. The zero-order valence-electron chi connectivity index (χ0n) is 12.7. The van der Waals surface area contributed by atoms with E-state index in [4.69, 9.17) is 0 Å². The fraction of sp³-hybridized carbons (Fsp3) is 0.176. The predicted octanol–water partition coefficient (Wildman–Crippen LogP) is 3.53. The fourth-order valence-electron chi connectivity index (χ4n) is 2.85. The SMILES string of the molecule is CCn1c(C(=O)NCc2nc3ccccc3[nH]2)cc2sccc21. The van der Waals surface area contributed by atoms with Crippen LogP contribution in [-0.4, -0.2) is 20.4 Å². The Balaban J connectivity index is 1.55. The van der Waals surface area contributed by atoms with Gasteiger partial charge in [0.2, 0.25) is 0 Å². The van der Waals surface area contributed by atoms with Crippen LogP contribution in [0.15, 0.2) is 41.8 Å². The maximum atomic E-state index is 12.5. The Morgan fingerprint density at radius 2 is 2.22 bits per heavy atom. The van der Waals surface area contributed by atoms with E-state index in [2.05, 4.69) is 21.4 Å². The average Bonchev–Trinajstić information content (AvgIpc) is 3.25. The highest BCUT2D eigenvalue weighted by Crippen LogP contribution is 2.25. The van der Waals surface area contributed by atoms with Crippen LogP contribution in [0.5, 0.6) is 0 Å². The van der Waals surface area contributed by atoms with Crippen molar-refractivity contribution in [1.29, 1.82) is 0 Å². The molecule has 5 nitrogen and oxygen atoms in total. The van der Waals surface area contributed by atoms with Crippen molar-refractivity contribution < 1.29 is 4.79 Å². The van der Waals surface area contributed by atoms with E-state index >= 15 is 0 Å². The number of fused-ring (bicyclic) bond motifs is 2. The molecule has 1 amide bonds. The second-order valence-electron chi connectivity index (χ2n) is 5.33. The lowest BCUT2D eigenvalue weighted by Crippen LogP contribution is -2.25. The highest BCUT2D eigenvalue weighted by Gasteiger charge is 2.15. The number of nitrogens with zero attached hydrogens (tertiary/aromatic N) is 2. The van der Waals surface area contributed by atoms with Crippen LogP contribution in [0.4, 0.5) is 0 Å². The van der Waals surface area contributed by atoms with Gasteiger partial charge in [-0.3, -0.25) is 4.79 Å². The number of thiophene rings is 1. The summed E-state index contributed by atoms with van der Waals surface area (Å²) in [5, 5.41) is 5.00. The Morgan fingerprint density at radius 1 is 1.35 bits per heavy atom. The van der Waals surface area contributed by atoms with Gasteiger partial charge < -0.3 is 14.9 Å². The summed E-state index contributed by atoms with van der Waals surface area (Å²) in [6.45, 7) is 3.21. The maximum Gasteiger partial charge on any atom is 0.268 e. The van der Waals surface area contributed by atoms with Gasteiger partial charge in [0.1, 0.15) is 11.5 Å². The van der Waals surface area contributed by atoms with E-state index in [0.717, 1.165) is 33.6 Å². The quantitative estimate of drug-likeness (QED) is 0.603. The first-order valence-electron chi connectivity index (χ1n) is 7.55. The van der Waals surface area contributed by atoms with Gasteiger partial charge in [0, 0.05) is 6.54 Å². The molecule has 2 N–H and O–H groups in total. The summed E-state index contributed by atoms with van der Waals surface area (Å²) in [6.07, 6.45) is 0. The van der Waals surface area contributed by atoms with E-state index in [1.165, 1.54) is 0 Å². The molecule has 3 aromatic heterocycles. The molecule has 0 fully saturated rings. The molecule has 0 bridgehead atoms. The number of carbonyl (C=O) groups excluding carboxylic acids is 1. The number of aromatic amines is 1. The number of aryl methyl sites for hydroxylation is 1. The molecule has 0 atom stereocenters. The Bertz CT molecular complexity index is 961. The van der Waals surface area contributed by atoms with Gasteiger partial charge in [0.05, 0.1) is 27.8 Å². The number of hydrogen-bond acceptors (Lipinski definition) is 3. The Kier molecular flexibility index (Phi) is 3.38.